The second kappa shape index (κ2) is 9.48. The summed E-state index contributed by atoms with van der Waals surface area (Å²) in [5.74, 6) is 2.58. The molecule has 25 heavy (non-hydrogen) atoms. The highest BCUT2D eigenvalue weighted by molar-refractivity contribution is 4.93. The predicted octanol–water partition coefficient (Wildman–Crippen LogP) is 1.39. The summed E-state index contributed by atoms with van der Waals surface area (Å²) in [4.78, 5) is 28.2. The molecule has 0 unspecified atom stereocenters. The quantitative estimate of drug-likeness (QED) is 0.584. The summed E-state index contributed by atoms with van der Waals surface area (Å²) < 4.78 is 0. The third-order valence-electron chi connectivity index (χ3n) is 3.81. The van der Waals surface area contributed by atoms with Crippen LogP contribution in [0.15, 0.2) is 55.4 Å². The van der Waals surface area contributed by atoms with Gasteiger partial charge in [0, 0.05) is 76.1 Å². The van der Waals surface area contributed by atoms with E-state index in [1.54, 1.807) is 37.2 Å². The first kappa shape index (κ1) is 17.0. The Bertz CT molecular complexity index is 619. The van der Waals surface area contributed by atoms with Crippen LogP contribution in [-0.4, -0.2) is 54.4 Å². The summed E-state index contributed by atoms with van der Waals surface area (Å²) in [6.45, 7) is 2.64. The molecule has 0 atom stereocenters. The van der Waals surface area contributed by atoms with Crippen LogP contribution in [0.4, 0.5) is 0 Å². The van der Waals surface area contributed by atoms with Crippen LogP contribution >= 0.6 is 0 Å². The minimum Gasteiger partial charge on any atom is -0.302 e. The van der Waals surface area contributed by atoms with Crippen LogP contribution in [0.2, 0.25) is 0 Å². The van der Waals surface area contributed by atoms with Crippen molar-refractivity contribution in [1.29, 1.82) is 0 Å². The van der Waals surface area contributed by atoms with E-state index in [1.165, 1.54) is 0 Å². The monoisotopic (exact) mass is 335 g/mol. The normalized spacial score (nSPS) is 10.9. The lowest BCUT2D eigenvalue weighted by molar-refractivity contribution is 0.278. The van der Waals surface area contributed by atoms with Gasteiger partial charge in [-0.3, -0.25) is 0 Å². The van der Waals surface area contributed by atoms with Crippen molar-refractivity contribution in [2.24, 2.45) is 0 Å². The molecule has 3 aromatic heterocycles. The van der Waals surface area contributed by atoms with Crippen LogP contribution in [0.3, 0.4) is 0 Å². The second-order valence-electron chi connectivity index (χ2n) is 5.59. The topological polar surface area (TPSA) is 80.6 Å². The van der Waals surface area contributed by atoms with Crippen LogP contribution in [0.1, 0.15) is 17.5 Å². The summed E-state index contributed by atoms with van der Waals surface area (Å²) in [6.07, 6.45) is 13.1. The number of nitrogens with zero attached hydrogens (tertiary/aromatic N) is 7. The maximum absolute atomic E-state index is 4.30. The molecule has 0 fully saturated rings. The lowest BCUT2D eigenvalue weighted by atomic mass is 10.2. The lowest BCUT2D eigenvalue weighted by Gasteiger charge is -2.21. The fourth-order valence-corrected chi connectivity index (χ4v) is 2.49. The minimum absolute atomic E-state index is 0.812. The molecule has 0 aromatic carbocycles. The molecule has 128 valence electrons. The second-order valence-corrected chi connectivity index (χ2v) is 5.59. The van der Waals surface area contributed by atoms with Crippen LogP contribution < -0.4 is 0 Å². The van der Waals surface area contributed by atoms with Crippen LogP contribution in [0.25, 0.3) is 0 Å². The molecule has 0 bridgehead atoms. The number of hydrogen-bond acceptors (Lipinski definition) is 7. The van der Waals surface area contributed by atoms with E-state index in [9.17, 15) is 0 Å². The molecule has 3 rings (SSSR count). The number of aromatic nitrogens is 6. The Labute approximate surface area is 147 Å². The van der Waals surface area contributed by atoms with Gasteiger partial charge in [0.05, 0.1) is 0 Å². The van der Waals surface area contributed by atoms with E-state index in [4.69, 9.17) is 0 Å². The molecule has 3 heterocycles. The summed E-state index contributed by atoms with van der Waals surface area (Å²) in [5.41, 5.74) is 0. The lowest BCUT2D eigenvalue weighted by Crippen LogP contribution is -2.31. The fraction of sp³-hybridized carbons (Fsp3) is 0.333. The molecule has 0 saturated heterocycles. The third kappa shape index (κ3) is 5.96. The van der Waals surface area contributed by atoms with Gasteiger partial charge >= 0.3 is 0 Å². The van der Waals surface area contributed by atoms with Gasteiger partial charge in [-0.1, -0.05) is 0 Å². The highest BCUT2D eigenvalue weighted by Gasteiger charge is 2.09. The van der Waals surface area contributed by atoms with E-state index in [-0.39, 0.29) is 0 Å². The Hall–Kier alpha value is -2.80. The molecule has 0 aliphatic carbocycles. The Kier molecular flexibility index (Phi) is 6.46. The van der Waals surface area contributed by atoms with Gasteiger partial charge < -0.3 is 4.90 Å². The van der Waals surface area contributed by atoms with E-state index in [0.717, 1.165) is 56.4 Å². The molecular formula is C18H21N7. The first-order chi connectivity index (χ1) is 12.4. The van der Waals surface area contributed by atoms with Gasteiger partial charge in [0.1, 0.15) is 17.5 Å². The number of rotatable bonds is 9. The van der Waals surface area contributed by atoms with Gasteiger partial charge in [-0.15, -0.1) is 0 Å². The molecular weight excluding hydrogens is 314 g/mol. The first-order valence-electron chi connectivity index (χ1n) is 8.40. The first-order valence-corrected chi connectivity index (χ1v) is 8.40. The molecule has 3 aromatic rings. The van der Waals surface area contributed by atoms with Crippen molar-refractivity contribution in [2.45, 2.75) is 19.3 Å². The molecule has 0 saturated carbocycles. The van der Waals surface area contributed by atoms with Crippen molar-refractivity contribution in [3.8, 4) is 0 Å². The Morgan fingerprint density at radius 1 is 0.480 bits per heavy atom. The highest BCUT2D eigenvalue weighted by atomic mass is 15.1. The largest absolute Gasteiger partial charge is 0.302 e. The Morgan fingerprint density at radius 2 is 0.760 bits per heavy atom. The van der Waals surface area contributed by atoms with Gasteiger partial charge in [0.2, 0.25) is 0 Å². The van der Waals surface area contributed by atoms with E-state index < -0.39 is 0 Å². The Balaban J connectivity index is 1.56. The van der Waals surface area contributed by atoms with Crippen molar-refractivity contribution in [2.75, 3.05) is 19.6 Å². The summed E-state index contributed by atoms with van der Waals surface area (Å²) in [6, 6.07) is 5.50. The molecule has 0 aliphatic heterocycles. The molecule has 0 radical (unpaired) electrons. The van der Waals surface area contributed by atoms with Crippen LogP contribution in [0.5, 0.6) is 0 Å². The predicted molar refractivity (Wildman–Crippen MR) is 93.6 cm³/mol. The Morgan fingerprint density at radius 3 is 1.04 bits per heavy atom. The minimum atomic E-state index is 0.812. The standard InChI is InChI=1S/C18H21N7/c1-7-19-16(20-8-1)4-13-25(14-5-17-21-9-2-10-22-17)15-6-18-23-11-3-12-24-18/h1-3,7-12H,4-6,13-15H2. The van der Waals surface area contributed by atoms with E-state index >= 15 is 0 Å². The van der Waals surface area contributed by atoms with E-state index in [2.05, 4.69) is 34.8 Å². The molecule has 0 spiro atoms. The average Bonchev–Trinajstić information content (AvgIpc) is 2.70. The van der Waals surface area contributed by atoms with Crippen LogP contribution in [0, 0.1) is 0 Å². The zero-order chi connectivity index (χ0) is 17.2. The van der Waals surface area contributed by atoms with Crippen molar-refractivity contribution in [1.82, 2.24) is 34.8 Å². The third-order valence-corrected chi connectivity index (χ3v) is 3.81. The smallest absolute Gasteiger partial charge is 0.129 e. The zero-order valence-corrected chi connectivity index (χ0v) is 14.1. The molecule has 7 heteroatoms. The van der Waals surface area contributed by atoms with Gasteiger partial charge in [0.15, 0.2) is 0 Å². The average molecular weight is 335 g/mol. The summed E-state index contributed by atoms with van der Waals surface area (Å²) in [5, 5.41) is 0. The molecule has 0 aliphatic rings. The fourth-order valence-electron chi connectivity index (χ4n) is 2.49. The summed E-state index contributed by atoms with van der Waals surface area (Å²) in [7, 11) is 0. The van der Waals surface area contributed by atoms with Crippen LogP contribution in [-0.2, 0) is 19.3 Å². The van der Waals surface area contributed by atoms with Crippen molar-refractivity contribution < 1.29 is 0 Å². The summed E-state index contributed by atoms with van der Waals surface area (Å²) >= 11 is 0. The van der Waals surface area contributed by atoms with Gasteiger partial charge in [0.25, 0.3) is 0 Å². The molecule has 7 nitrogen and oxygen atoms in total. The van der Waals surface area contributed by atoms with Crippen molar-refractivity contribution >= 4 is 0 Å². The van der Waals surface area contributed by atoms with Crippen molar-refractivity contribution in [3.63, 3.8) is 0 Å². The SMILES string of the molecule is c1cnc(CCN(CCc2ncccn2)CCc2ncccn2)nc1. The van der Waals surface area contributed by atoms with Gasteiger partial charge in [-0.2, -0.15) is 0 Å². The van der Waals surface area contributed by atoms with Gasteiger partial charge in [-0.25, -0.2) is 29.9 Å². The highest BCUT2D eigenvalue weighted by Crippen LogP contribution is 2.01. The molecule has 0 N–H and O–H groups in total. The maximum Gasteiger partial charge on any atom is 0.129 e. The van der Waals surface area contributed by atoms with E-state index in [0.29, 0.717) is 0 Å². The molecule has 0 amide bonds. The van der Waals surface area contributed by atoms with Gasteiger partial charge in [-0.05, 0) is 18.2 Å². The van der Waals surface area contributed by atoms with E-state index in [1.807, 2.05) is 18.2 Å². The number of hydrogen-bond donors (Lipinski definition) is 0. The maximum atomic E-state index is 4.30. The zero-order valence-electron chi connectivity index (χ0n) is 14.1. The van der Waals surface area contributed by atoms with Crippen molar-refractivity contribution in [3.05, 3.63) is 72.9 Å².